The summed E-state index contributed by atoms with van der Waals surface area (Å²) >= 11 is 3.65. The second-order valence-corrected chi connectivity index (χ2v) is 10.2. The fourth-order valence-corrected chi connectivity index (χ4v) is 6.97. The number of halogens is 1. The number of para-hydroxylation sites is 2. The second-order valence-electron chi connectivity index (χ2n) is 9.11. The largest absolute Gasteiger partial charge is 0.461 e. The van der Waals surface area contributed by atoms with Crippen LogP contribution in [-0.2, 0) is 27.2 Å². The number of alkyl halides is 1. The highest BCUT2D eigenvalue weighted by molar-refractivity contribution is 9.09. The van der Waals surface area contributed by atoms with Crippen molar-refractivity contribution in [2.24, 2.45) is 23.7 Å². The van der Waals surface area contributed by atoms with Gasteiger partial charge in [0.05, 0.1) is 27.9 Å². The van der Waals surface area contributed by atoms with Crippen LogP contribution in [-0.4, -0.2) is 28.7 Å². The molecule has 1 saturated heterocycles. The number of carbonyl (C=O) groups excluding carboxylic acids is 3. The van der Waals surface area contributed by atoms with Gasteiger partial charge < -0.3 is 15.4 Å². The van der Waals surface area contributed by atoms with E-state index < -0.39 is 11.8 Å². The molecule has 172 valence electrons. The van der Waals surface area contributed by atoms with Gasteiger partial charge in [0.25, 0.3) is 5.91 Å². The summed E-state index contributed by atoms with van der Waals surface area (Å²) in [5, 5.41) is 6.03. The summed E-state index contributed by atoms with van der Waals surface area (Å²) in [6, 6.07) is 13.0. The minimum Gasteiger partial charge on any atom is -0.461 e. The molecule has 0 radical (unpaired) electrons. The number of hydrogen-bond acceptors (Lipinski definition) is 4. The van der Waals surface area contributed by atoms with E-state index >= 15 is 0 Å². The van der Waals surface area contributed by atoms with Gasteiger partial charge >= 0.3 is 5.97 Å². The zero-order valence-electron chi connectivity index (χ0n) is 18.6. The third-order valence-electron chi connectivity index (χ3n) is 7.49. The van der Waals surface area contributed by atoms with Gasteiger partial charge in [0.15, 0.2) is 0 Å². The molecule has 5 rings (SSSR count). The van der Waals surface area contributed by atoms with E-state index in [9.17, 15) is 14.4 Å². The lowest BCUT2D eigenvalue weighted by Crippen LogP contribution is -2.40. The number of hydrogen-bond donors (Lipinski definition) is 2. The molecule has 33 heavy (non-hydrogen) atoms. The van der Waals surface area contributed by atoms with Gasteiger partial charge in [-0.2, -0.15) is 0 Å². The molecule has 1 aliphatic heterocycles. The summed E-state index contributed by atoms with van der Waals surface area (Å²) in [6.45, 7) is 4.12. The maximum Gasteiger partial charge on any atom is 0.310 e. The molecule has 2 aliphatic carbocycles. The third kappa shape index (κ3) is 3.57. The molecule has 2 saturated carbocycles. The van der Waals surface area contributed by atoms with Gasteiger partial charge in [0, 0.05) is 11.6 Å². The summed E-state index contributed by atoms with van der Waals surface area (Å²) in [4.78, 5) is 39.1. The molecule has 0 unspecified atom stereocenters. The topological polar surface area (TPSA) is 84.5 Å². The predicted molar refractivity (Wildman–Crippen MR) is 129 cm³/mol. The quantitative estimate of drug-likeness (QED) is 0.440. The summed E-state index contributed by atoms with van der Waals surface area (Å²) in [5.41, 5.74) is 3.82. The molecule has 7 heteroatoms. The van der Waals surface area contributed by atoms with Crippen LogP contribution >= 0.6 is 15.9 Å². The zero-order chi connectivity index (χ0) is 23.3. The van der Waals surface area contributed by atoms with Gasteiger partial charge in [-0.15, -0.1) is 0 Å². The average Bonchev–Trinajstić information content (AvgIpc) is 3.43. The van der Waals surface area contributed by atoms with Crippen molar-refractivity contribution >= 4 is 45.1 Å². The number of nitrogens with one attached hydrogen (secondary N) is 2. The molecule has 3 fully saturated rings. The Hall–Kier alpha value is -2.67. The Kier molecular flexibility index (Phi) is 5.77. The number of amides is 2. The molecule has 2 bridgehead atoms. The number of carbonyl (C=O) groups is 3. The number of aryl methyl sites for hydroxylation is 2. The van der Waals surface area contributed by atoms with Gasteiger partial charge in [-0.3, -0.25) is 14.4 Å². The Morgan fingerprint density at radius 3 is 2.39 bits per heavy atom. The first-order valence-corrected chi connectivity index (χ1v) is 12.5. The van der Waals surface area contributed by atoms with Crippen LogP contribution in [0.4, 0.5) is 11.4 Å². The van der Waals surface area contributed by atoms with Gasteiger partial charge in [-0.05, 0) is 48.4 Å². The van der Waals surface area contributed by atoms with Crippen LogP contribution in [0.1, 0.15) is 41.8 Å². The molecule has 0 aromatic heterocycles. The molecule has 3 aliphatic rings. The van der Waals surface area contributed by atoms with Crippen molar-refractivity contribution < 1.29 is 19.1 Å². The Morgan fingerprint density at radius 2 is 1.70 bits per heavy atom. The van der Waals surface area contributed by atoms with E-state index in [1.54, 1.807) is 24.3 Å². The van der Waals surface area contributed by atoms with Gasteiger partial charge in [-0.1, -0.05) is 60.1 Å². The van der Waals surface area contributed by atoms with E-state index in [0.29, 0.717) is 11.3 Å². The summed E-state index contributed by atoms with van der Waals surface area (Å²) in [5.74, 6) is -1.46. The number of fused-ring (bicyclic) bond motifs is 1. The zero-order valence-corrected chi connectivity index (χ0v) is 20.2. The van der Waals surface area contributed by atoms with Crippen molar-refractivity contribution in [3.63, 3.8) is 0 Å². The normalized spacial score (nSPS) is 29.1. The maximum absolute atomic E-state index is 13.3. The predicted octanol–water partition coefficient (Wildman–Crippen LogP) is 4.57. The molecule has 2 aromatic carbocycles. The molecule has 0 spiro atoms. The lowest BCUT2D eigenvalue weighted by molar-refractivity contribution is -0.145. The van der Waals surface area contributed by atoms with Crippen LogP contribution in [0.5, 0.6) is 0 Å². The van der Waals surface area contributed by atoms with E-state index in [0.717, 1.165) is 36.1 Å². The highest BCUT2D eigenvalue weighted by Gasteiger charge is 2.67. The molecule has 2 N–H and O–H groups in total. The van der Waals surface area contributed by atoms with Crippen LogP contribution < -0.4 is 10.6 Å². The standard InChI is InChI=1S/C26H27BrN2O4/c1-3-13-8-7-9-14(4-2)22(13)29-24(30)15-10-5-6-11-18(15)28-25(31)19-16-12-17-20(19)26(32)33-23(17)21(16)27/h5-11,16-17,19-21,23H,3-4,12H2,1-2H3,(H,28,31)(H,29,30)/t16-,17-,19-,20+,21+,23+/m1/s1. The summed E-state index contributed by atoms with van der Waals surface area (Å²) in [7, 11) is 0. The van der Waals surface area contributed by atoms with E-state index in [1.165, 1.54) is 0 Å². The molecule has 1 heterocycles. The van der Waals surface area contributed by atoms with Gasteiger partial charge in [0.2, 0.25) is 5.91 Å². The van der Waals surface area contributed by atoms with Crippen LogP contribution in [0.2, 0.25) is 0 Å². The van der Waals surface area contributed by atoms with E-state index in [1.807, 2.05) is 18.2 Å². The highest BCUT2D eigenvalue weighted by Crippen LogP contribution is 2.60. The molecule has 2 aromatic rings. The van der Waals surface area contributed by atoms with Crippen molar-refractivity contribution in [3.05, 3.63) is 59.2 Å². The number of anilines is 2. The summed E-state index contributed by atoms with van der Waals surface area (Å²) < 4.78 is 5.52. The fraction of sp³-hybridized carbons (Fsp3) is 0.423. The molecular weight excluding hydrogens is 484 g/mol. The van der Waals surface area contributed by atoms with Crippen LogP contribution in [0.25, 0.3) is 0 Å². The minimum atomic E-state index is -0.450. The first kappa shape index (κ1) is 22.1. The number of esters is 1. The number of benzene rings is 2. The van der Waals surface area contributed by atoms with Crippen LogP contribution in [0.15, 0.2) is 42.5 Å². The van der Waals surface area contributed by atoms with Crippen molar-refractivity contribution in [2.75, 3.05) is 10.6 Å². The first-order chi connectivity index (χ1) is 15.9. The van der Waals surface area contributed by atoms with Crippen molar-refractivity contribution in [1.29, 1.82) is 0 Å². The fourth-order valence-electron chi connectivity index (χ4n) is 5.92. The van der Waals surface area contributed by atoms with E-state index in [-0.39, 0.29) is 40.6 Å². The molecule has 6 nitrogen and oxygen atoms in total. The second kappa shape index (κ2) is 8.60. The molecular formula is C26H27BrN2O4. The smallest absolute Gasteiger partial charge is 0.310 e. The first-order valence-electron chi connectivity index (χ1n) is 11.6. The van der Waals surface area contributed by atoms with Gasteiger partial charge in [-0.25, -0.2) is 0 Å². The maximum atomic E-state index is 13.3. The Morgan fingerprint density at radius 1 is 1.00 bits per heavy atom. The van der Waals surface area contributed by atoms with E-state index in [2.05, 4.69) is 40.4 Å². The number of ether oxygens (including phenoxy) is 1. The summed E-state index contributed by atoms with van der Waals surface area (Å²) in [6.07, 6.45) is 2.29. The SMILES string of the molecule is CCc1cccc(CC)c1NC(=O)c1ccccc1NC(=O)[C@@H]1[C@H]2C[C@H]3[C@H](OC(=O)[C@@H]31)[C@H]2Br. The third-order valence-corrected chi connectivity index (χ3v) is 8.69. The van der Waals surface area contributed by atoms with Crippen molar-refractivity contribution in [1.82, 2.24) is 0 Å². The van der Waals surface area contributed by atoms with E-state index in [4.69, 9.17) is 4.74 Å². The Bertz CT molecular complexity index is 1110. The molecule has 6 atom stereocenters. The monoisotopic (exact) mass is 510 g/mol. The average molecular weight is 511 g/mol. The Labute approximate surface area is 201 Å². The van der Waals surface area contributed by atoms with Crippen LogP contribution in [0, 0.1) is 23.7 Å². The Balaban J connectivity index is 1.39. The molecule has 2 amide bonds. The van der Waals surface area contributed by atoms with Crippen molar-refractivity contribution in [2.45, 2.75) is 44.0 Å². The lowest BCUT2D eigenvalue weighted by Gasteiger charge is -2.27. The van der Waals surface area contributed by atoms with Gasteiger partial charge in [0.1, 0.15) is 6.10 Å². The highest BCUT2D eigenvalue weighted by atomic mass is 79.9. The van der Waals surface area contributed by atoms with Crippen LogP contribution in [0.3, 0.4) is 0 Å². The number of rotatable bonds is 6. The van der Waals surface area contributed by atoms with Crippen molar-refractivity contribution in [3.8, 4) is 0 Å². The lowest BCUT2D eigenvalue weighted by atomic mass is 9.79. The minimum absolute atomic E-state index is 0.00231.